The highest BCUT2D eigenvalue weighted by Crippen LogP contribution is 2.32. The summed E-state index contributed by atoms with van der Waals surface area (Å²) in [5.74, 6) is -0.893. The van der Waals surface area contributed by atoms with Crippen molar-refractivity contribution in [3.8, 4) is 22.3 Å². The molecule has 0 atom stereocenters. The van der Waals surface area contributed by atoms with Crippen molar-refractivity contribution in [3.63, 3.8) is 0 Å². The summed E-state index contributed by atoms with van der Waals surface area (Å²) in [7, 11) is 0. The van der Waals surface area contributed by atoms with Crippen molar-refractivity contribution in [1.29, 1.82) is 0 Å². The minimum Gasteiger partial charge on any atom is -0.478 e. The lowest BCUT2D eigenvalue weighted by Gasteiger charge is -2.13. The van der Waals surface area contributed by atoms with Crippen LogP contribution in [0, 0.1) is 6.92 Å². The van der Waals surface area contributed by atoms with E-state index in [1.54, 1.807) is 0 Å². The van der Waals surface area contributed by atoms with Crippen molar-refractivity contribution in [3.05, 3.63) is 83.9 Å². The molecule has 0 heterocycles. The minimum atomic E-state index is -0.893. The summed E-state index contributed by atoms with van der Waals surface area (Å²) < 4.78 is 0. The predicted octanol–water partition coefficient (Wildman–Crippen LogP) is 5.03. The number of hydrogen-bond donors (Lipinski definition) is 1. The maximum atomic E-state index is 11.7. The van der Waals surface area contributed by atoms with Gasteiger partial charge in [-0.1, -0.05) is 66.7 Å². The van der Waals surface area contributed by atoms with E-state index in [1.165, 1.54) is 0 Å². The average Bonchev–Trinajstić information content (AvgIpc) is 2.55. The zero-order chi connectivity index (χ0) is 15.5. The highest BCUT2D eigenvalue weighted by molar-refractivity contribution is 5.99. The lowest BCUT2D eigenvalue weighted by Crippen LogP contribution is -2.03. The standard InChI is InChI=1S/C20H16O2/c1-14-12-17(15-8-4-2-5-9-15)13-18(19(14)20(21)22)16-10-6-3-7-11-16/h2-13H,1H3,(H,21,22). The Hall–Kier alpha value is -2.87. The Morgan fingerprint density at radius 2 is 1.32 bits per heavy atom. The van der Waals surface area contributed by atoms with Gasteiger partial charge in [0.1, 0.15) is 0 Å². The number of hydrogen-bond acceptors (Lipinski definition) is 1. The smallest absolute Gasteiger partial charge is 0.336 e. The number of benzene rings is 3. The summed E-state index contributed by atoms with van der Waals surface area (Å²) in [5.41, 5.74) is 4.92. The monoisotopic (exact) mass is 288 g/mol. The van der Waals surface area contributed by atoms with Crippen LogP contribution in [-0.4, -0.2) is 11.1 Å². The molecule has 3 rings (SSSR count). The van der Waals surface area contributed by atoms with Gasteiger partial charge in [0.25, 0.3) is 0 Å². The Bertz CT molecular complexity index is 806. The van der Waals surface area contributed by atoms with E-state index >= 15 is 0 Å². The van der Waals surface area contributed by atoms with E-state index in [0.29, 0.717) is 5.56 Å². The molecule has 3 aromatic carbocycles. The fourth-order valence-corrected chi connectivity index (χ4v) is 2.71. The van der Waals surface area contributed by atoms with Crippen molar-refractivity contribution in [2.45, 2.75) is 6.92 Å². The van der Waals surface area contributed by atoms with Gasteiger partial charge in [-0.15, -0.1) is 0 Å². The van der Waals surface area contributed by atoms with Crippen LogP contribution >= 0.6 is 0 Å². The van der Waals surface area contributed by atoms with Gasteiger partial charge in [0.05, 0.1) is 5.56 Å². The normalized spacial score (nSPS) is 10.4. The lowest BCUT2D eigenvalue weighted by molar-refractivity contribution is 0.0697. The van der Waals surface area contributed by atoms with Crippen molar-refractivity contribution in [2.24, 2.45) is 0 Å². The van der Waals surface area contributed by atoms with E-state index in [4.69, 9.17) is 0 Å². The quantitative estimate of drug-likeness (QED) is 0.734. The number of aryl methyl sites for hydroxylation is 1. The Morgan fingerprint density at radius 3 is 1.86 bits per heavy atom. The molecule has 3 aromatic rings. The minimum absolute atomic E-state index is 0.367. The fourth-order valence-electron chi connectivity index (χ4n) is 2.71. The highest BCUT2D eigenvalue weighted by atomic mass is 16.4. The van der Waals surface area contributed by atoms with Gasteiger partial charge in [0.2, 0.25) is 0 Å². The second kappa shape index (κ2) is 5.86. The predicted molar refractivity (Wildman–Crippen MR) is 89.0 cm³/mol. The topological polar surface area (TPSA) is 37.3 Å². The molecule has 0 saturated heterocycles. The van der Waals surface area contributed by atoms with Crippen molar-refractivity contribution in [2.75, 3.05) is 0 Å². The molecule has 0 fully saturated rings. The SMILES string of the molecule is Cc1cc(-c2ccccc2)cc(-c2ccccc2)c1C(=O)O. The largest absolute Gasteiger partial charge is 0.478 e. The number of rotatable bonds is 3. The van der Waals surface area contributed by atoms with E-state index in [1.807, 2.05) is 79.7 Å². The zero-order valence-electron chi connectivity index (χ0n) is 12.3. The summed E-state index contributed by atoms with van der Waals surface area (Å²) in [6, 6.07) is 23.6. The molecule has 0 unspecified atom stereocenters. The highest BCUT2D eigenvalue weighted by Gasteiger charge is 2.16. The molecule has 0 aliphatic carbocycles. The Balaban J connectivity index is 2.26. The first-order valence-corrected chi connectivity index (χ1v) is 7.15. The van der Waals surface area contributed by atoms with Gasteiger partial charge in [0, 0.05) is 0 Å². The maximum absolute atomic E-state index is 11.7. The third-order valence-corrected chi connectivity index (χ3v) is 3.74. The third-order valence-electron chi connectivity index (χ3n) is 3.74. The number of carboxylic acid groups (broad SMARTS) is 1. The second-order valence-corrected chi connectivity index (χ2v) is 5.25. The van der Waals surface area contributed by atoms with Gasteiger partial charge in [-0.05, 0) is 40.8 Å². The summed E-state index contributed by atoms with van der Waals surface area (Å²) >= 11 is 0. The molecule has 2 nitrogen and oxygen atoms in total. The van der Waals surface area contributed by atoms with Crippen LogP contribution in [0.1, 0.15) is 15.9 Å². The molecule has 0 saturated carbocycles. The number of aromatic carboxylic acids is 1. The lowest BCUT2D eigenvalue weighted by atomic mass is 9.91. The maximum Gasteiger partial charge on any atom is 0.336 e. The van der Waals surface area contributed by atoms with E-state index in [2.05, 4.69) is 0 Å². The fraction of sp³-hybridized carbons (Fsp3) is 0.0500. The molecule has 0 aliphatic rings. The van der Waals surface area contributed by atoms with Gasteiger partial charge >= 0.3 is 5.97 Å². The summed E-state index contributed by atoms with van der Waals surface area (Å²) in [5, 5.41) is 9.57. The zero-order valence-corrected chi connectivity index (χ0v) is 12.3. The Morgan fingerprint density at radius 1 is 0.773 bits per heavy atom. The van der Waals surface area contributed by atoms with Gasteiger partial charge in [0.15, 0.2) is 0 Å². The molecule has 0 bridgehead atoms. The first-order valence-electron chi connectivity index (χ1n) is 7.15. The molecule has 0 aromatic heterocycles. The van der Waals surface area contributed by atoms with Crippen molar-refractivity contribution in [1.82, 2.24) is 0 Å². The molecule has 108 valence electrons. The van der Waals surface area contributed by atoms with E-state index in [-0.39, 0.29) is 0 Å². The number of carbonyl (C=O) groups is 1. The first-order chi connectivity index (χ1) is 10.7. The van der Waals surface area contributed by atoms with Gasteiger partial charge < -0.3 is 5.11 Å². The van der Waals surface area contributed by atoms with E-state index < -0.39 is 5.97 Å². The van der Waals surface area contributed by atoms with E-state index in [0.717, 1.165) is 27.8 Å². The third kappa shape index (κ3) is 2.63. The molecule has 0 radical (unpaired) electrons. The molecule has 2 heteroatoms. The molecule has 0 amide bonds. The van der Waals surface area contributed by atoms with Crippen LogP contribution in [0.15, 0.2) is 72.8 Å². The summed E-state index contributed by atoms with van der Waals surface area (Å²) in [6.45, 7) is 1.85. The Kier molecular flexibility index (Phi) is 3.75. The van der Waals surface area contributed by atoms with Crippen LogP contribution in [0.5, 0.6) is 0 Å². The molecule has 0 aliphatic heterocycles. The number of carboxylic acids is 1. The van der Waals surface area contributed by atoms with Crippen LogP contribution in [0.3, 0.4) is 0 Å². The molecular weight excluding hydrogens is 272 g/mol. The van der Waals surface area contributed by atoms with Crippen molar-refractivity contribution >= 4 is 5.97 Å². The molecule has 22 heavy (non-hydrogen) atoms. The van der Waals surface area contributed by atoms with Gasteiger partial charge in [-0.2, -0.15) is 0 Å². The van der Waals surface area contributed by atoms with Crippen LogP contribution in [0.25, 0.3) is 22.3 Å². The van der Waals surface area contributed by atoms with Crippen LogP contribution in [0.4, 0.5) is 0 Å². The molecular formula is C20H16O2. The molecule has 0 spiro atoms. The van der Waals surface area contributed by atoms with Gasteiger partial charge in [-0.25, -0.2) is 4.79 Å². The van der Waals surface area contributed by atoms with E-state index in [9.17, 15) is 9.90 Å². The van der Waals surface area contributed by atoms with Gasteiger partial charge in [-0.3, -0.25) is 0 Å². The van der Waals surface area contributed by atoms with Crippen LogP contribution < -0.4 is 0 Å². The van der Waals surface area contributed by atoms with Crippen molar-refractivity contribution < 1.29 is 9.90 Å². The van der Waals surface area contributed by atoms with Crippen LogP contribution in [0.2, 0.25) is 0 Å². The van der Waals surface area contributed by atoms with Crippen LogP contribution in [-0.2, 0) is 0 Å². The molecule has 1 N–H and O–H groups in total. The summed E-state index contributed by atoms with van der Waals surface area (Å²) in [4.78, 5) is 11.7. The second-order valence-electron chi connectivity index (χ2n) is 5.25. The first kappa shape index (κ1) is 14.1. The Labute approximate surface area is 129 Å². The summed E-state index contributed by atoms with van der Waals surface area (Å²) in [6.07, 6.45) is 0. The average molecular weight is 288 g/mol.